The highest BCUT2D eigenvalue weighted by atomic mass is 16.3. The number of fused-ring (bicyclic) bond motifs is 4. The molecule has 11 rings (SSSR count). The van der Waals surface area contributed by atoms with Crippen LogP contribution in [0.2, 0.25) is 0 Å². The quantitative estimate of drug-likeness (QED) is 0.176. The number of aromatic nitrogens is 3. The van der Waals surface area contributed by atoms with E-state index in [1.807, 2.05) is 48.7 Å². The first-order valence-corrected chi connectivity index (χ1v) is 19.7. The average molecular weight is 758 g/mol. The number of aromatic hydroxyl groups is 1. The average Bonchev–Trinajstić information content (AvgIpc) is 3.88. The molecule has 8 aromatic carbocycles. The Balaban J connectivity index is 1.20. The van der Waals surface area contributed by atoms with Crippen LogP contribution in [0.3, 0.4) is 0 Å². The first-order valence-electron chi connectivity index (χ1n) is 19.7. The maximum Gasteiger partial charge on any atom is 0.153 e. The second-order valence-electron chi connectivity index (χ2n) is 14.7. The molecule has 0 amide bonds. The Kier molecular flexibility index (Phi) is 8.23. The monoisotopic (exact) mass is 757 g/mol. The van der Waals surface area contributed by atoms with E-state index in [0.29, 0.717) is 17.0 Å². The molecule has 0 bridgehead atoms. The highest BCUT2D eigenvalue weighted by Gasteiger charge is 2.26. The van der Waals surface area contributed by atoms with Gasteiger partial charge in [0.1, 0.15) is 22.5 Å². The smallest absolute Gasteiger partial charge is 0.153 e. The van der Waals surface area contributed by atoms with Crippen molar-refractivity contribution in [3.63, 3.8) is 0 Å². The van der Waals surface area contributed by atoms with Gasteiger partial charge >= 0.3 is 0 Å². The lowest BCUT2D eigenvalue weighted by molar-refractivity contribution is 0.476. The van der Waals surface area contributed by atoms with Crippen LogP contribution < -0.4 is 0 Å². The van der Waals surface area contributed by atoms with Gasteiger partial charge in [0, 0.05) is 33.7 Å². The number of hydrogen-bond donors (Lipinski definition) is 1. The number of para-hydroxylation sites is 3. The summed E-state index contributed by atoms with van der Waals surface area (Å²) >= 11 is 0. The van der Waals surface area contributed by atoms with Crippen LogP contribution in [0, 0.1) is 0 Å². The van der Waals surface area contributed by atoms with E-state index in [9.17, 15) is 5.11 Å². The maximum absolute atomic E-state index is 11.9. The van der Waals surface area contributed by atoms with Crippen molar-refractivity contribution in [1.82, 2.24) is 14.5 Å². The van der Waals surface area contributed by atoms with Gasteiger partial charge in [-0.3, -0.25) is 9.55 Å². The molecule has 5 nitrogen and oxygen atoms in total. The number of phenols is 1. The molecule has 59 heavy (non-hydrogen) atoms. The Morgan fingerprint density at radius 1 is 0.458 bits per heavy atom. The normalized spacial score (nSPS) is 11.5. The van der Waals surface area contributed by atoms with Gasteiger partial charge in [-0.05, 0) is 94.0 Å². The predicted octanol–water partition coefficient (Wildman–Crippen LogP) is 14.0. The maximum atomic E-state index is 11.9. The molecular weight excluding hydrogens is 723 g/mol. The molecule has 0 unspecified atom stereocenters. The van der Waals surface area contributed by atoms with Crippen LogP contribution in [0.4, 0.5) is 0 Å². The molecule has 3 aromatic heterocycles. The van der Waals surface area contributed by atoms with E-state index in [-0.39, 0.29) is 5.75 Å². The molecule has 0 atom stereocenters. The van der Waals surface area contributed by atoms with Gasteiger partial charge in [-0.25, -0.2) is 4.98 Å². The zero-order valence-corrected chi connectivity index (χ0v) is 31.8. The summed E-state index contributed by atoms with van der Waals surface area (Å²) < 4.78 is 8.76. The number of hydrogen-bond acceptors (Lipinski definition) is 4. The van der Waals surface area contributed by atoms with Gasteiger partial charge < -0.3 is 9.52 Å². The minimum Gasteiger partial charge on any atom is -0.507 e. The van der Waals surface area contributed by atoms with Gasteiger partial charge in [-0.1, -0.05) is 140 Å². The first kappa shape index (κ1) is 34.2. The largest absolute Gasteiger partial charge is 0.507 e. The summed E-state index contributed by atoms with van der Waals surface area (Å²) in [6.45, 7) is 0. The molecule has 3 heterocycles. The molecule has 1 N–H and O–H groups in total. The molecule has 5 heteroatoms. The number of phenolic OH excluding ortho intramolecular Hbond substituents is 1. The van der Waals surface area contributed by atoms with Crippen molar-refractivity contribution in [3.05, 3.63) is 206 Å². The number of benzene rings is 8. The van der Waals surface area contributed by atoms with Crippen molar-refractivity contribution >= 4 is 33.0 Å². The molecule has 0 aliphatic rings. The molecule has 0 spiro atoms. The molecule has 0 saturated heterocycles. The molecule has 0 aliphatic heterocycles. The van der Waals surface area contributed by atoms with Gasteiger partial charge in [-0.2, -0.15) is 0 Å². The summed E-state index contributed by atoms with van der Waals surface area (Å²) in [6, 6.07) is 68.5. The van der Waals surface area contributed by atoms with E-state index in [4.69, 9.17) is 14.4 Å². The third-order valence-electron chi connectivity index (χ3n) is 11.2. The van der Waals surface area contributed by atoms with Crippen LogP contribution in [-0.4, -0.2) is 19.6 Å². The number of imidazole rings is 1. The van der Waals surface area contributed by atoms with E-state index in [1.165, 1.54) is 0 Å². The zero-order valence-electron chi connectivity index (χ0n) is 31.8. The fourth-order valence-corrected chi connectivity index (χ4v) is 8.40. The third-order valence-corrected chi connectivity index (χ3v) is 11.2. The molecule has 0 saturated carbocycles. The molecule has 11 aromatic rings. The molecule has 278 valence electrons. The minimum absolute atomic E-state index is 0.0876. The van der Waals surface area contributed by atoms with E-state index in [2.05, 4.69) is 156 Å². The lowest BCUT2D eigenvalue weighted by Crippen LogP contribution is -2.00. The van der Waals surface area contributed by atoms with Gasteiger partial charge in [0.25, 0.3) is 0 Å². The Morgan fingerprint density at radius 3 is 1.90 bits per heavy atom. The van der Waals surface area contributed by atoms with Crippen LogP contribution >= 0.6 is 0 Å². The number of rotatable bonds is 7. The van der Waals surface area contributed by atoms with E-state index in [0.717, 1.165) is 88.8 Å². The number of nitrogens with zero attached hydrogens (tertiary/aromatic N) is 3. The second kappa shape index (κ2) is 14.2. The lowest BCUT2D eigenvalue weighted by Gasteiger charge is -2.16. The highest BCUT2D eigenvalue weighted by molar-refractivity contribution is 6.11. The van der Waals surface area contributed by atoms with Gasteiger partial charge in [0.2, 0.25) is 0 Å². The summed E-state index contributed by atoms with van der Waals surface area (Å²) in [5.41, 5.74) is 14.8. The zero-order chi connectivity index (χ0) is 39.3. The molecule has 0 radical (unpaired) electrons. The summed E-state index contributed by atoms with van der Waals surface area (Å²) in [4.78, 5) is 10.4. The Hall–Kier alpha value is -8.02. The van der Waals surface area contributed by atoms with E-state index >= 15 is 0 Å². The summed E-state index contributed by atoms with van der Waals surface area (Å²) in [7, 11) is 0. The van der Waals surface area contributed by atoms with Crippen molar-refractivity contribution in [3.8, 4) is 78.6 Å². The summed E-state index contributed by atoms with van der Waals surface area (Å²) in [6.07, 6.45) is 1.89. The summed E-state index contributed by atoms with van der Waals surface area (Å²) in [5, 5.41) is 13.8. The lowest BCUT2D eigenvalue weighted by atomic mass is 9.93. The first-order chi connectivity index (χ1) is 29.2. The van der Waals surface area contributed by atoms with Crippen molar-refractivity contribution in [2.75, 3.05) is 0 Å². The Labute approximate surface area is 340 Å². The van der Waals surface area contributed by atoms with Crippen LogP contribution in [-0.2, 0) is 0 Å². The number of pyridine rings is 1. The second-order valence-corrected chi connectivity index (χ2v) is 14.7. The Bertz CT molecular complexity index is 3330. The van der Waals surface area contributed by atoms with E-state index in [1.54, 1.807) is 6.07 Å². The van der Waals surface area contributed by atoms with Crippen molar-refractivity contribution in [2.24, 2.45) is 0 Å². The standard InChI is InChI=1S/C54H35N3O2/c58-49-28-27-45-44-22-11-13-26-50(44)59-53(45)51(49)54-56-52-43(23-14-25-48(52)57(54)47-24-12-10-21-42(47)37-19-8-3-9-20-37)40-31-39(36-17-6-2-7-18-36)32-41(33-40)46-34-38(29-30-55-46)35-15-4-1-5-16-35/h1-34,58H. The molecule has 0 fully saturated rings. The van der Waals surface area contributed by atoms with Crippen LogP contribution in [0.25, 0.3) is 106 Å². The summed E-state index contributed by atoms with van der Waals surface area (Å²) in [5.74, 6) is 0.666. The van der Waals surface area contributed by atoms with Crippen LogP contribution in [0.15, 0.2) is 211 Å². The van der Waals surface area contributed by atoms with E-state index < -0.39 is 0 Å². The van der Waals surface area contributed by atoms with Crippen molar-refractivity contribution < 1.29 is 9.52 Å². The molecule has 0 aliphatic carbocycles. The fourth-order valence-electron chi connectivity index (χ4n) is 8.40. The Morgan fingerprint density at radius 2 is 1.10 bits per heavy atom. The highest BCUT2D eigenvalue weighted by Crippen LogP contribution is 2.45. The van der Waals surface area contributed by atoms with Crippen LogP contribution in [0.1, 0.15) is 0 Å². The predicted molar refractivity (Wildman–Crippen MR) is 240 cm³/mol. The van der Waals surface area contributed by atoms with Crippen LogP contribution in [0.5, 0.6) is 5.75 Å². The number of furan rings is 1. The van der Waals surface area contributed by atoms with Gasteiger partial charge in [0.05, 0.1) is 22.4 Å². The van der Waals surface area contributed by atoms with Crippen molar-refractivity contribution in [1.29, 1.82) is 0 Å². The SMILES string of the molecule is Oc1ccc2c(oc3ccccc32)c1-c1nc2c(-c3cc(-c4ccccc4)cc(-c4cc(-c5ccccc5)ccn4)c3)cccc2n1-c1ccccc1-c1ccccc1. The van der Waals surface area contributed by atoms with Gasteiger partial charge in [0.15, 0.2) is 5.82 Å². The topological polar surface area (TPSA) is 64.1 Å². The molecular formula is C54H35N3O2. The third kappa shape index (κ3) is 5.96. The van der Waals surface area contributed by atoms with Crippen molar-refractivity contribution in [2.45, 2.75) is 0 Å². The van der Waals surface area contributed by atoms with Gasteiger partial charge in [-0.15, -0.1) is 0 Å². The fraction of sp³-hybridized carbons (Fsp3) is 0. The minimum atomic E-state index is 0.0876.